The predicted octanol–water partition coefficient (Wildman–Crippen LogP) is 7.22. The Morgan fingerprint density at radius 1 is 0.841 bits per heavy atom. The van der Waals surface area contributed by atoms with Gasteiger partial charge in [0.2, 0.25) is 0 Å². The number of carbonyl (C=O) groups is 1. The molecule has 0 radical (unpaired) electrons. The lowest BCUT2D eigenvalue weighted by Crippen LogP contribution is -2.40. The van der Waals surface area contributed by atoms with Crippen LogP contribution < -0.4 is 18.9 Å². The van der Waals surface area contributed by atoms with Crippen molar-refractivity contribution in [2.24, 2.45) is 0 Å². The summed E-state index contributed by atoms with van der Waals surface area (Å²) in [4.78, 5) is 12.0. The molecular formula is C36H46O8. The zero-order valence-corrected chi connectivity index (χ0v) is 26.9. The van der Waals surface area contributed by atoms with E-state index in [1.165, 1.54) is 16.7 Å². The fraction of sp³-hybridized carbons (Fsp3) is 0.472. The van der Waals surface area contributed by atoms with Crippen LogP contribution in [0.5, 0.6) is 23.0 Å². The van der Waals surface area contributed by atoms with Crippen LogP contribution in [0.15, 0.2) is 66.7 Å². The topological polar surface area (TPSA) is 81.7 Å². The van der Waals surface area contributed by atoms with Crippen LogP contribution >= 0.6 is 0 Å². The lowest BCUT2D eigenvalue weighted by Gasteiger charge is -2.43. The van der Waals surface area contributed by atoms with E-state index >= 15 is 0 Å². The Bertz CT molecular complexity index is 1330. The molecule has 0 N–H and O–H groups in total. The molecule has 44 heavy (non-hydrogen) atoms. The Morgan fingerprint density at radius 3 is 2.11 bits per heavy atom. The number of rotatable bonds is 15. The summed E-state index contributed by atoms with van der Waals surface area (Å²) in [6.07, 6.45) is 4.05. The fourth-order valence-corrected chi connectivity index (χ4v) is 5.58. The standard InChI is InChI=1S/C36H46O8/c1-35(2,3)44-34(37)22-40-28-15-11-26(12-16-28)9-7-8-10-32-31-20-19-30(43-25-39-6)21-33(31)41-23-36(32,4)27-13-17-29(18-14-27)42-24-38-5/h11-21,32H,7-10,22-25H2,1-6H3. The van der Waals surface area contributed by atoms with Gasteiger partial charge >= 0.3 is 5.97 Å². The fourth-order valence-electron chi connectivity index (χ4n) is 5.58. The van der Waals surface area contributed by atoms with Gasteiger partial charge in [0.15, 0.2) is 20.2 Å². The quantitative estimate of drug-likeness (QED) is 0.102. The zero-order chi connectivity index (χ0) is 31.6. The van der Waals surface area contributed by atoms with E-state index in [-0.39, 0.29) is 37.5 Å². The Labute approximate surface area is 261 Å². The number of methoxy groups -OCH3 is 2. The number of carbonyl (C=O) groups excluding carboxylic acids is 1. The van der Waals surface area contributed by atoms with Gasteiger partial charge in [0.25, 0.3) is 0 Å². The van der Waals surface area contributed by atoms with Crippen molar-refractivity contribution in [3.8, 4) is 23.0 Å². The Balaban J connectivity index is 1.41. The lowest BCUT2D eigenvalue weighted by atomic mass is 9.66. The second-order valence-electron chi connectivity index (χ2n) is 12.3. The molecule has 0 saturated carbocycles. The van der Waals surface area contributed by atoms with Crippen LogP contribution in [0.4, 0.5) is 0 Å². The summed E-state index contributed by atoms with van der Waals surface area (Å²) in [7, 11) is 3.22. The third kappa shape index (κ3) is 9.13. The molecule has 1 aliphatic rings. The number of hydrogen-bond acceptors (Lipinski definition) is 8. The summed E-state index contributed by atoms with van der Waals surface area (Å²) in [5, 5.41) is 0. The van der Waals surface area contributed by atoms with Crippen LogP contribution in [0.1, 0.15) is 69.6 Å². The summed E-state index contributed by atoms with van der Waals surface area (Å²) < 4.78 is 38.7. The van der Waals surface area contributed by atoms with E-state index in [1.807, 2.05) is 57.2 Å². The van der Waals surface area contributed by atoms with Gasteiger partial charge in [-0.05, 0) is 87.1 Å². The molecule has 238 valence electrons. The van der Waals surface area contributed by atoms with E-state index in [0.717, 1.165) is 42.9 Å². The van der Waals surface area contributed by atoms with E-state index in [0.29, 0.717) is 12.4 Å². The molecule has 1 aliphatic heterocycles. The van der Waals surface area contributed by atoms with Gasteiger partial charge in [-0.15, -0.1) is 0 Å². The molecular weight excluding hydrogens is 560 g/mol. The minimum absolute atomic E-state index is 0.106. The molecule has 8 heteroatoms. The van der Waals surface area contributed by atoms with Gasteiger partial charge in [-0.1, -0.05) is 43.7 Å². The molecule has 2 unspecified atom stereocenters. The highest BCUT2D eigenvalue weighted by atomic mass is 16.7. The Morgan fingerprint density at radius 2 is 1.45 bits per heavy atom. The van der Waals surface area contributed by atoms with Gasteiger partial charge in [0, 0.05) is 31.6 Å². The molecule has 3 aromatic rings. The maximum atomic E-state index is 12.0. The van der Waals surface area contributed by atoms with Gasteiger partial charge < -0.3 is 33.2 Å². The minimum Gasteiger partial charge on any atom is -0.492 e. The molecule has 0 amide bonds. The van der Waals surface area contributed by atoms with Crippen molar-refractivity contribution in [3.63, 3.8) is 0 Å². The molecule has 0 spiro atoms. The van der Waals surface area contributed by atoms with E-state index in [1.54, 1.807) is 14.2 Å². The van der Waals surface area contributed by atoms with Crippen LogP contribution in [0.3, 0.4) is 0 Å². The second kappa shape index (κ2) is 15.3. The average Bonchev–Trinajstić information content (AvgIpc) is 3.01. The molecule has 1 heterocycles. The number of unbranched alkanes of at least 4 members (excludes halogenated alkanes) is 1. The first kappa shape index (κ1) is 33.1. The van der Waals surface area contributed by atoms with Crippen molar-refractivity contribution in [3.05, 3.63) is 83.4 Å². The number of benzene rings is 3. The highest BCUT2D eigenvalue weighted by molar-refractivity contribution is 5.71. The Kier molecular flexibility index (Phi) is 11.5. The molecule has 8 nitrogen and oxygen atoms in total. The number of fused-ring (bicyclic) bond motifs is 1. The second-order valence-corrected chi connectivity index (χ2v) is 12.3. The molecule has 2 atom stereocenters. The maximum Gasteiger partial charge on any atom is 0.344 e. The third-order valence-electron chi connectivity index (χ3n) is 7.77. The first-order chi connectivity index (χ1) is 21.1. The van der Waals surface area contributed by atoms with E-state index in [2.05, 4.69) is 37.3 Å². The van der Waals surface area contributed by atoms with Crippen LogP contribution in [-0.2, 0) is 30.8 Å². The molecule has 4 rings (SSSR count). The van der Waals surface area contributed by atoms with Crippen molar-refractivity contribution < 1.29 is 38.0 Å². The normalized spacial score (nSPS) is 17.7. The highest BCUT2D eigenvalue weighted by Gasteiger charge is 2.42. The summed E-state index contributed by atoms with van der Waals surface area (Å²) in [6.45, 7) is 8.66. The molecule has 3 aromatic carbocycles. The van der Waals surface area contributed by atoms with Crippen LogP contribution in [0, 0.1) is 0 Å². The van der Waals surface area contributed by atoms with E-state index < -0.39 is 5.60 Å². The highest BCUT2D eigenvalue weighted by Crippen LogP contribution is 2.50. The molecule has 0 saturated heterocycles. The largest absolute Gasteiger partial charge is 0.492 e. The zero-order valence-electron chi connectivity index (χ0n) is 26.9. The first-order valence-electron chi connectivity index (χ1n) is 15.2. The summed E-state index contributed by atoms with van der Waals surface area (Å²) in [5.74, 6) is 2.89. The van der Waals surface area contributed by atoms with Gasteiger partial charge in [-0.3, -0.25) is 0 Å². The first-order valence-corrected chi connectivity index (χ1v) is 15.2. The molecule has 0 aromatic heterocycles. The Hall–Kier alpha value is -3.75. The molecule has 0 fully saturated rings. The minimum atomic E-state index is -0.528. The smallest absolute Gasteiger partial charge is 0.344 e. The summed E-state index contributed by atoms with van der Waals surface area (Å²) in [5.41, 5.74) is 2.87. The van der Waals surface area contributed by atoms with Gasteiger partial charge in [0.05, 0.1) is 6.61 Å². The van der Waals surface area contributed by atoms with Crippen molar-refractivity contribution in [2.45, 2.75) is 70.3 Å². The molecule has 0 bridgehead atoms. The number of ether oxygens (including phenoxy) is 7. The number of hydrogen-bond donors (Lipinski definition) is 0. The summed E-state index contributed by atoms with van der Waals surface area (Å²) >= 11 is 0. The van der Waals surface area contributed by atoms with Crippen molar-refractivity contribution >= 4 is 5.97 Å². The van der Waals surface area contributed by atoms with Crippen LogP contribution in [0.2, 0.25) is 0 Å². The van der Waals surface area contributed by atoms with Crippen LogP contribution in [-0.4, -0.2) is 52.6 Å². The number of aryl methyl sites for hydroxylation is 1. The SMILES string of the molecule is COCOc1ccc(C2(C)COc3cc(OCOC)ccc3C2CCCCc2ccc(OCC(=O)OC(C)(C)C)cc2)cc1. The van der Waals surface area contributed by atoms with Crippen molar-refractivity contribution in [1.82, 2.24) is 0 Å². The van der Waals surface area contributed by atoms with Gasteiger partial charge in [0.1, 0.15) is 28.6 Å². The van der Waals surface area contributed by atoms with Crippen molar-refractivity contribution in [2.75, 3.05) is 41.0 Å². The lowest BCUT2D eigenvalue weighted by molar-refractivity contribution is -0.157. The van der Waals surface area contributed by atoms with Gasteiger partial charge in [-0.2, -0.15) is 0 Å². The van der Waals surface area contributed by atoms with Crippen LogP contribution in [0.25, 0.3) is 0 Å². The van der Waals surface area contributed by atoms with Crippen molar-refractivity contribution in [1.29, 1.82) is 0 Å². The number of esters is 1. The monoisotopic (exact) mass is 606 g/mol. The van der Waals surface area contributed by atoms with Gasteiger partial charge in [-0.25, -0.2) is 4.79 Å². The summed E-state index contributed by atoms with van der Waals surface area (Å²) in [6, 6.07) is 22.3. The molecule has 0 aliphatic carbocycles. The average molecular weight is 607 g/mol. The predicted molar refractivity (Wildman–Crippen MR) is 169 cm³/mol. The van der Waals surface area contributed by atoms with E-state index in [9.17, 15) is 4.79 Å². The third-order valence-corrected chi connectivity index (χ3v) is 7.77. The van der Waals surface area contributed by atoms with E-state index in [4.69, 9.17) is 33.2 Å². The maximum absolute atomic E-state index is 12.0.